The van der Waals surface area contributed by atoms with Crippen LogP contribution in [-0.4, -0.2) is 66.6 Å². The highest BCUT2D eigenvalue weighted by Gasteiger charge is 2.25. The van der Waals surface area contributed by atoms with Crippen molar-refractivity contribution >= 4 is 5.91 Å². The minimum Gasteiger partial charge on any atom is -0.441 e. The van der Waals surface area contributed by atoms with Gasteiger partial charge in [-0.25, -0.2) is 4.98 Å². The minimum atomic E-state index is 0.214. The van der Waals surface area contributed by atoms with Crippen LogP contribution in [0.1, 0.15) is 36.3 Å². The molecule has 1 amide bonds. The summed E-state index contributed by atoms with van der Waals surface area (Å²) in [5.41, 5.74) is 3.53. The molecule has 0 spiro atoms. The smallest absolute Gasteiger partial charge is 0.223 e. The van der Waals surface area contributed by atoms with Gasteiger partial charge in [0.1, 0.15) is 0 Å². The second kappa shape index (κ2) is 9.75. The number of morpholine rings is 1. The summed E-state index contributed by atoms with van der Waals surface area (Å²) in [5.74, 6) is 2.31. The molecule has 2 aromatic rings. The van der Waals surface area contributed by atoms with E-state index in [4.69, 9.17) is 9.15 Å². The predicted molar refractivity (Wildman–Crippen MR) is 116 cm³/mol. The second-order valence-electron chi connectivity index (χ2n) is 8.65. The van der Waals surface area contributed by atoms with E-state index < -0.39 is 0 Å². The lowest BCUT2D eigenvalue weighted by molar-refractivity contribution is -0.132. The number of aryl methyl sites for hydroxylation is 3. The van der Waals surface area contributed by atoms with Crippen molar-refractivity contribution in [2.24, 2.45) is 5.92 Å². The number of carbonyl (C=O) groups excluding carboxylic acids is 1. The summed E-state index contributed by atoms with van der Waals surface area (Å²) in [6.07, 6.45) is 4.97. The van der Waals surface area contributed by atoms with Crippen molar-refractivity contribution in [2.45, 2.75) is 39.5 Å². The van der Waals surface area contributed by atoms with Crippen molar-refractivity contribution in [3.8, 4) is 11.3 Å². The molecule has 162 valence electrons. The Balaban J connectivity index is 1.22. The zero-order chi connectivity index (χ0) is 20.9. The lowest BCUT2D eigenvalue weighted by atomic mass is 9.95. The molecule has 0 N–H and O–H groups in total. The molecule has 2 fully saturated rings. The number of nitrogens with zero attached hydrogens (tertiary/aromatic N) is 3. The highest BCUT2D eigenvalue weighted by molar-refractivity contribution is 5.76. The Morgan fingerprint density at radius 3 is 2.60 bits per heavy atom. The molecule has 6 heteroatoms. The summed E-state index contributed by atoms with van der Waals surface area (Å²) in [6.45, 7) is 10.9. The van der Waals surface area contributed by atoms with Crippen molar-refractivity contribution < 1.29 is 13.9 Å². The number of hydrogen-bond acceptors (Lipinski definition) is 5. The standard InChI is InChI=1S/C24H33N3O3/c1-18-3-4-21(15-19(18)2)22-16-25-23(30-22)5-6-24(28)27-9-7-20(8-10-27)17-26-11-13-29-14-12-26/h3-4,15-16,20H,5-14,17H2,1-2H3. The van der Waals surface area contributed by atoms with Gasteiger partial charge in [0.15, 0.2) is 11.7 Å². The van der Waals surface area contributed by atoms with E-state index in [1.165, 1.54) is 11.1 Å². The largest absolute Gasteiger partial charge is 0.441 e. The van der Waals surface area contributed by atoms with Gasteiger partial charge in [-0.05, 0) is 49.8 Å². The lowest BCUT2D eigenvalue weighted by Gasteiger charge is -2.36. The topological polar surface area (TPSA) is 58.8 Å². The third kappa shape index (κ3) is 5.29. The van der Waals surface area contributed by atoms with Crippen LogP contribution in [-0.2, 0) is 16.0 Å². The summed E-state index contributed by atoms with van der Waals surface area (Å²) >= 11 is 0. The Labute approximate surface area is 179 Å². The first-order valence-corrected chi connectivity index (χ1v) is 11.2. The summed E-state index contributed by atoms with van der Waals surface area (Å²) in [4.78, 5) is 21.6. The predicted octanol–water partition coefficient (Wildman–Crippen LogP) is 3.46. The zero-order valence-corrected chi connectivity index (χ0v) is 18.2. The SMILES string of the molecule is Cc1ccc(-c2cnc(CCC(=O)N3CCC(CN4CCOCC4)CC3)o2)cc1C. The molecule has 1 aromatic carbocycles. The molecule has 3 heterocycles. The molecule has 1 aromatic heterocycles. The molecule has 2 saturated heterocycles. The molecule has 0 radical (unpaired) electrons. The third-order valence-electron chi connectivity index (χ3n) is 6.49. The van der Waals surface area contributed by atoms with Gasteiger partial charge in [-0.15, -0.1) is 0 Å². The maximum atomic E-state index is 12.7. The van der Waals surface area contributed by atoms with Crippen LogP contribution < -0.4 is 0 Å². The Morgan fingerprint density at radius 2 is 1.87 bits per heavy atom. The Hall–Kier alpha value is -2.18. The third-order valence-corrected chi connectivity index (χ3v) is 6.49. The van der Waals surface area contributed by atoms with Crippen LogP contribution in [0, 0.1) is 19.8 Å². The molecular weight excluding hydrogens is 378 g/mol. The van der Waals surface area contributed by atoms with Crippen LogP contribution in [0.25, 0.3) is 11.3 Å². The van der Waals surface area contributed by atoms with E-state index in [-0.39, 0.29) is 5.91 Å². The van der Waals surface area contributed by atoms with Crippen molar-refractivity contribution in [3.05, 3.63) is 41.4 Å². The quantitative estimate of drug-likeness (QED) is 0.729. The van der Waals surface area contributed by atoms with Crippen LogP contribution in [0.4, 0.5) is 0 Å². The molecule has 0 aliphatic carbocycles. The summed E-state index contributed by atoms with van der Waals surface area (Å²) < 4.78 is 11.3. The summed E-state index contributed by atoms with van der Waals surface area (Å²) in [7, 11) is 0. The molecule has 4 rings (SSSR count). The monoisotopic (exact) mass is 411 g/mol. The number of hydrogen-bond donors (Lipinski definition) is 0. The first-order chi connectivity index (χ1) is 14.6. The molecular formula is C24H33N3O3. The fourth-order valence-corrected chi connectivity index (χ4v) is 4.34. The summed E-state index contributed by atoms with van der Waals surface area (Å²) in [6, 6.07) is 6.27. The zero-order valence-electron chi connectivity index (χ0n) is 18.2. The number of aromatic nitrogens is 1. The van der Waals surface area contributed by atoms with E-state index in [1.807, 2.05) is 4.90 Å². The molecule has 0 atom stereocenters. The average molecular weight is 412 g/mol. The Kier molecular flexibility index (Phi) is 6.85. The number of rotatable bonds is 6. The first-order valence-electron chi connectivity index (χ1n) is 11.2. The van der Waals surface area contributed by atoms with Gasteiger partial charge < -0.3 is 14.1 Å². The molecule has 0 unspecified atom stereocenters. The van der Waals surface area contributed by atoms with Gasteiger partial charge in [0.25, 0.3) is 0 Å². The highest BCUT2D eigenvalue weighted by Crippen LogP contribution is 2.24. The minimum absolute atomic E-state index is 0.214. The van der Waals surface area contributed by atoms with Gasteiger partial charge in [-0.1, -0.05) is 12.1 Å². The van der Waals surface area contributed by atoms with Crippen LogP contribution in [0.5, 0.6) is 0 Å². The molecule has 2 aliphatic rings. The fourth-order valence-electron chi connectivity index (χ4n) is 4.34. The maximum Gasteiger partial charge on any atom is 0.223 e. The maximum absolute atomic E-state index is 12.7. The molecule has 0 bridgehead atoms. The molecule has 2 aliphatic heterocycles. The molecule has 6 nitrogen and oxygen atoms in total. The Morgan fingerprint density at radius 1 is 1.10 bits per heavy atom. The van der Waals surface area contributed by atoms with Gasteiger partial charge in [-0.2, -0.15) is 0 Å². The molecule has 30 heavy (non-hydrogen) atoms. The van der Waals surface area contributed by atoms with Crippen LogP contribution in [0.15, 0.2) is 28.8 Å². The van der Waals surface area contributed by atoms with Crippen molar-refractivity contribution in [1.82, 2.24) is 14.8 Å². The Bertz CT molecular complexity index is 849. The van der Waals surface area contributed by atoms with Gasteiger partial charge >= 0.3 is 0 Å². The van der Waals surface area contributed by atoms with Crippen LogP contribution in [0.2, 0.25) is 0 Å². The molecule has 0 saturated carbocycles. The van der Waals surface area contributed by atoms with E-state index in [9.17, 15) is 4.79 Å². The van der Waals surface area contributed by atoms with E-state index in [0.717, 1.165) is 70.1 Å². The number of benzene rings is 1. The van der Waals surface area contributed by atoms with E-state index in [0.29, 0.717) is 24.7 Å². The number of piperidine rings is 1. The van der Waals surface area contributed by atoms with Crippen molar-refractivity contribution in [2.75, 3.05) is 45.9 Å². The highest BCUT2D eigenvalue weighted by atomic mass is 16.5. The van der Waals surface area contributed by atoms with Gasteiger partial charge in [0.05, 0.1) is 19.4 Å². The van der Waals surface area contributed by atoms with Crippen LogP contribution in [0.3, 0.4) is 0 Å². The normalized spacial score (nSPS) is 18.7. The average Bonchev–Trinajstić information content (AvgIpc) is 3.24. The number of likely N-dealkylation sites (tertiary alicyclic amines) is 1. The number of ether oxygens (including phenoxy) is 1. The van der Waals surface area contributed by atoms with E-state index in [1.54, 1.807) is 6.20 Å². The first kappa shape index (κ1) is 21.1. The van der Waals surface area contributed by atoms with Crippen molar-refractivity contribution in [1.29, 1.82) is 0 Å². The number of oxazole rings is 1. The summed E-state index contributed by atoms with van der Waals surface area (Å²) in [5, 5.41) is 0. The number of carbonyl (C=O) groups is 1. The van der Waals surface area contributed by atoms with E-state index >= 15 is 0 Å². The van der Waals surface area contributed by atoms with Gasteiger partial charge in [0.2, 0.25) is 5.91 Å². The van der Waals surface area contributed by atoms with Gasteiger partial charge in [0, 0.05) is 51.1 Å². The van der Waals surface area contributed by atoms with Gasteiger partial charge in [-0.3, -0.25) is 9.69 Å². The second-order valence-corrected chi connectivity index (χ2v) is 8.65. The fraction of sp³-hybridized carbons (Fsp3) is 0.583. The van der Waals surface area contributed by atoms with Crippen LogP contribution >= 0.6 is 0 Å². The lowest BCUT2D eigenvalue weighted by Crippen LogP contribution is -2.44. The van der Waals surface area contributed by atoms with E-state index in [2.05, 4.69) is 41.9 Å². The number of amides is 1. The van der Waals surface area contributed by atoms with Crippen molar-refractivity contribution in [3.63, 3.8) is 0 Å².